The van der Waals surface area contributed by atoms with Crippen molar-refractivity contribution in [2.45, 2.75) is 11.1 Å². The summed E-state index contributed by atoms with van der Waals surface area (Å²) in [5.74, 6) is 0. The highest BCUT2D eigenvalue weighted by molar-refractivity contribution is 7.92. The lowest BCUT2D eigenvalue weighted by Gasteiger charge is -2.35. The molecule has 1 aliphatic rings. The lowest BCUT2D eigenvalue weighted by molar-refractivity contribution is -0.137. The molecule has 0 aliphatic carbocycles. The van der Waals surface area contributed by atoms with Crippen LogP contribution in [0.4, 0.5) is 24.5 Å². The molecule has 0 bridgehead atoms. The summed E-state index contributed by atoms with van der Waals surface area (Å²) in [6, 6.07) is 9.02. The van der Waals surface area contributed by atoms with Gasteiger partial charge in [-0.1, -0.05) is 23.7 Å². The number of piperazine rings is 1. The van der Waals surface area contributed by atoms with Gasteiger partial charge < -0.3 is 9.80 Å². The molecule has 1 fully saturated rings. The number of rotatable bonds is 4. The number of likely N-dealkylation sites (N-methyl/N-ethyl adjacent to an activating group) is 1. The average Bonchev–Trinajstić information content (AvgIpc) is 2.62. The molecule has 1 saturated heterocycles. The Bertz CT molecular complexity index is 959. The van der Waals surface area contributed by atoms with E-state index in [1.807, 2.05) is 11.9 Å². The van der Waals surface area contributed by atoms with E-state index in [4.69, 9.17) is 11.6 Å². The predicted molar refractivity (Wildman–Crippen MR) is 103 cm³/mol. The number of halogens is 4. The Labute approximate surface area is 166 Å². The van der Waals surface area contributed by atoms with Crippen LogP contribution in [0.5, 0.6) is 0 Å². The number of sulfonamides is 1. The minimum atomic E-state index is -4.67. The van der Waals surface area contributed by atoms with Crippen LogP contribution < -0.4 is 9.62 Å². The van der Waals surface area contributed by atoms with Gasteiger partial charge in [0, 0.05) is 26.2 Å². The zero-order valence-corrected chi connectivity index (χ0v) is 16.6. The Kier molecular flexibility index (Phi) is 5.79. The normalized spacial score (nSPS) is 16.2. The molecule has 2 aromatic rings. The monoisotopic (exact) mass is 433 g/mol. The first-order valence-corrected chi connectivity index (χ1v) is 10.4. The van der Waals surface area contributed by atoms with Gasteiger partial charge in [-0.2, -0.15) is 13.2 Å². The molecule has 0 spiro atoms. The van der Waals surface area contributed by atoms with Crippen molar-refractivity contribution in [3.63, 3.8) is 0 Å². The van der Waals surface area contributed by atoms with Crippen LogP contribution in [0.15, 0.2) is 47.4 Å². The fraction of sp³-hybridized carbons (Fsp3) is 0.333. The van der Waals surface area contributed by atoms with Crippen molar-refractivity contribution >= 4 is 33.0 Å². The maximum atomic E-state index is 13.0. The number of para-hydroxylation sites is 2. The van der Waals surface area contributed by atoms with Crippen molar-refractivity contribution in [3.05, 3.63) is 53.1 Å². The fourth-order valence-corrected chi connectivity index (χ4v) is 4.57. The van der Waals surface area contributed by atoms with Crippen LogP contribution in [0, 0.1) is 0 Å². The van der Waals surface area contributed by atoms with Gasteiger partial charge in [0.1, 0.15) is 4.90 Å². The van der Waals surface area contributed by atoms with Crippen molar-refractivity contribution in [2.75, 3.05) is 42.8 Å². The van der Waals surface area contributed by atoms with E-state index in [1.165, 1.54) is 0 Å². The third-order valence-electron chi connectivity index (χ3n) is 4.54. The molecular weight excluding hydrogens is 415 g/mol. The summed E-state index contributed by atoms with van der Waals surface area (Å²) in [7, 11) is -2.32. The molecule has 152 valence electrons. The molecule has 0 atom stereocenters. The van der Waals surface area contributed by atoms with E-state index in [0.717, 1.165) is 25.2 Å². The minimum Gasteiger partial charge on any atom is -0.367 e. The summed E-state index contributed by atoms with van der Waals surface area (Å²) in [4.78, 5) is 3.58. The largest absolute Gasteiger partial charge is 0.416 e. The number of nitrogens with zero attached hydrogens (tertiary/aromatic N) is 2. The quantitative estimate of drug-likeness (QED) is 0.794. The number of hydrogen-bond acceptors (Lipinski definition) is 4. The highest BCUT2D eigenvalue weighted by Gasteiger charge is 2.33. The Morgan fingerprint density at radius 3 is 2.32 bits per heavy atom. The molecular formula is C18H19ClF3N3O2S. The number of hydrogen-bond donors (Lipinski definition) is 1. The predicted octanol–water partition coefficient (Wildman–Crippen LogP) is 3.91. The highest BCUT2D eigenvalue weighted by atomic mass is 35.5. The smallest absolute Gasteiger partial charge is 0.367 e. The Morgan fingerprint density at radius 1 is 1.04 bits per heavy atom. The minimum absolute atomic E-state index is 0.280. The SMILES string of the molecule is CN1CCN(c2ccccc2NS(=O)(=O)c2cc(C(F)(F)F)ccc2Cl)CC1. The molecule has 0 amide bonds. The first kappa shape index (κ1) is 20.8. The van der Waals surface area contributed by atoms with Crippen LogP contribution in [0.25, 0.3) is 0 Å². The molecule has 5 nitrogen and oxygen atoms in total. The van der Waals surface area contributed by atoms with E-state index in [-0.39, 0.29) is 5.02 Å². The van der Waals surface area contributed by atoms with E-state index in [2.05, 4.69) is 9.62 Å². The Balaban J connectivity index is 1.94. The number of alkyl halides is 3. The molecule has 10 heteroatoms. The maximum Gasteiger partial charge on any atom is 0.416 e. The van der Waals surface area contributed by atoms with Gasteiger partial charge in [-0.15, -0.1) is 0 Å². The molecule has 2 aromatic carbocycles. The van der Waals surface area contributed by atoms with Crippen LogP contribution in [0.1, 0.15) is 5.56 Å². The van der Waals surface area contributed by atoms with E-state index in [0.29, 0.717) is 30.5 Å². The van der Waals surface area contributed by atoms with Crippen LogP contribution in [-0.2, 0) is 16.2 Å². The van der Waals surface area contributed by atoms with Crippen LogP contribution >= 0.6 is 11.6 Å². The fourth-order valence-electron chi connectivity index (χ4n) is 2.97. The summed E-state index contributed by atoms with van der Waals surface area (Å²) < 4.78 is 66.9. The van der Waals surface area contributed by atoms with Gasteiger partial charge in [0.15, 0.2) is 0 Å². The summed E-state index contributed by atoms with van der Waals surface area (Å²) >= 11 is 5.90. The first-order chi connectivity index (χ1) is 13.1. The Hall–Kier alpha value is -1.97. The van der Waals surface area contributed by atoms with Gasteiger partial charge in [-0.3, -0.25) is 4.72 Å². The molecule has 1 aliphatic heterocycles. The number of benzene rings is 2. The molecule has 1 N–H and O–H groups in total. The van der Waals surface area contributed by atoms with Gasteiger partial charge in [0.25, 0.3) is 10.0 Å². The Morgan fingerprint density at radius 2 is 1.68 bits per heavy atom. The van der Waals surface area contributed by atoms with Crippen molar-refractivity contribution in [3.8, 4) is 0 Å². The number of nitrogens with one attached hydrogen (secondary N) is 1. The summed E-state index contributed by atoms with van der Waals surface area (Å²) in [6.07, 6.45) is -4.67. The van der Waals surface area contributed by atoms with Crippen LogP contribution in [0.2, 0.25) is 5.02 Å². The second kappa shape index (κ2) is 7.81. The van der Waals surface area contributed by atoms with Crippen molar-refractivity contribution in [2.24, 2.45) is 0 Å². The lowest BCUT2D eigenvalue weighted by Crippen LogP contribution is -2.44. The van der Waals surface area contributed by atoms with Crippen molar-refractivity contribution in [1.82, 2.24) is 4.90 Å². The molecule has 3 rings (SSSR count). The van der Waals surface area contributed by atoms with E-state index >= 15 is 0 Å². The lowest BCUT2D eigenvalue weighted by atomic mass is 10.2. The van der Waals surface area contributed by atoms with Gasteiger partial charge >= 0.3 is 6.18 Å². The van der Waals surface area contributed by atoms with E-state index in [1.54, 1.807) is 24.3 Å². The number of anilines is 2. The summed E-state index contributed by atoms with van der Waals surface area (Å²) in [5.41, 5.74) is -0.118. The topological polar surface area (TPSA) is 52.6 Å². The highest BCUT2D eigenvalue weighted by Crippen LogP contribution is 2.35. The van der Waals surface area contributed by atoms with Crippen LogP contribution in [0.3, 0.4) is 0 Å². The zero-order chi connectivity index (χ0) is 20.5. The second-order valence-electron chi connectivity index (χ2n) is 6.56. The molecule has 0 aromatic heterocycles. The molecule has 28 heavy (non-hydrogen) atoms. The first-order valence-electron chi connectivity index (χ1n) is 8.50. The zero-order valence-electron chi connectivity index (χ0n) is 15.0. The van der Waals surface area contributed by atoms with Gasteiger partial charge in [-0.25, -0.2) is 8.42 Å². The molecule has 1 heterocycles. The summed E-state index contributed by atoms with van der Waals surface area (Å²) in [5, 5.41) is -0.280. The molecule has 0 unspecified atom stereocenters. The summed E-state index contributed by atoms with van der Waals surface area (Å²) in [6.45, 7) is 3.06. The third-order valence-corrected chi connectivity index (χ3v) is 6.39. The van der Waals surface area contributed by atoms with Gasteiger partial charge in [0.05, 0.1) is 22.0 Å². The van der Waals surface area contributed by atoms with E-state index in [9.17, 15) is 21.6 Å². The van der Waals surface area contributed by atoms with Crippen molar-refractivity contribution in [1.29, 1.82) is 0 Å². The molecule has 0 radical (unpaired) electrons. The van der Waals surface area contributed by atoms with E-state index < -0.39 is 26.7 Å². The second-order valence-corrected chi connectivity index (χ2v) is 8.61. The maximum absolute atomic E-state index is 13.0. The third kappa shape index (κ3) is 4.53. The molecule has 0 saturated carbocycles. The van der Waals surface area contributed by atoms with Gasteiger partial charge in [0.2, 0.25) is 0 Å². The van der Waals surface area contributed by atoms with Crippen LogP contribution in [-0.4, -0.2) is 46.5 Å². The average molecular weight is 434 g/mol. The van der Waals surface area contributed by atoms with Gasteiger partial charge in [-0.05, 0) is 37.4 Å². The standard InChI is InChI=1S/C18H19ClF3N3O2S/c1-24-8-10-25(11-9-24)16-5-3-2-4-15(16)23-28(26,27)17-12-13(18(20,21)22)6-7-14(17)19/h2-7,12,23H,8-11H2,1H3. The van der Waals surface area contributed by atoms with Crippen molar-refractivity contribution < 1.29 is 21.6 Å².